The zero-order valence-electron chi connectivity index (χ0n) is 15.4. The van der Waals surface area contributed by atoms with Crippen LogP contribution in [0.3, 0.4) is 0 Å². The topological polar surface area (TPSA) is 88.6 Å². The molecule has 0 bridgehead atoms. The van der Waals surface area contributed by atoms with Gasteiger partial charge in [0.1, 0.15) is 5.78 Å². The Bertz CT molecular complexity index is 826. The number of hydrogen-bond donors (Lipinski definition) is 0. The molecule has 2 rings (SSSR count). The summed E-state index contributed by atoms with van der Waals surface area (Å²) in [5.74, 6) is -0.459. The quantitative estimate of drug-likeness (QED) is 0.486. The number of unbranched alkanes of at least 4 members (excludes halogenated alkanes) is 2. The molecule has 0 aromatic heterocycles. The molecule has 142 valence electrons. The third-order valence-corrected chi connectivity index (χ3v) is 6.95. The van der Waals surface area contributed by atoms with Gasteiger partial charge in [0.15, 0.2) is 9.84 Å². The molecule has 1 aliphatic rings. The monoisotopic (exact) mass is 379 g/mol. The molecule has 0 N–H and O–H groups in total. The summed E-state index contributed by atoms with van der Waals surface area (Å²) >= 11 is 0. The molecule has 1 aromatic carbocycles. The molecule has 0 saturated heterocycles. The average molecular weight is 379 g/mol. The van der Waals surface area contributed by atoms with Gasteiger partial charge in [0.05, 0.1) is 22.1 Å². The van der Waals surface area contributed by atoms with E-state index in [1.54, 1.807) is 32.0 Å². The first-order chi connectivity index (χ1) is 12.1. The molecule has 0 saturated carbocycles. The summed E-state index contributed by atoms with van der Waals surface area (Å²) < 4.78 is 23.4. The van der Waals surface area contributed by atoms with Gasteiger partial charge >= 0.3 is 0 Å². The van der Waals surface area contributed by atoms with Crippen molar-refractivity contribution in [1.82, 2.24) is 4.90 Å². The lowest BCUT2D eigenvalue weighted by Gasteiger charge is -2.07. The summed E-state index contributed by atoms with van der Waals surface area (Å²) in [4.78, 5) is 37.0. The first-order valence-electron chi connectivity index (χ1n) is 8.82. The first kappa shape index (κ1) is 20.3. The van der Waals surface area contributed by atoms with Crippen LogP contribution in [-0.2, 0) is 21.1 Å². The van der Waals surface area contributed by atoms with Crippen molar-refractivity contribution in [2.24, 2.45) is 0 Å². The van der Waals surface area contributed by atoms with Crippen LogP contribution in [0.5, 0.6) is 0 Å². The minimum absolute atomic E-state index is 0.0433. The number of rotatable bonds is 9. The summed E-state index contributed by atoms with van der Waals surface area (Å²) in [7, 11) is -1.58. The van der Waals surface area contributed by atoms with Crippen LogP contribution in [0.1, 0.15) is 65.8 Å². The van der Waals surface area contributed by atoms with Gasteiger partial charge in [-0.25, -0.2) is 8.42 Å². The number of carbonyl (C=O) groups excluding carboxylic acids is 3. The van der Waals surface area contributed by atoms with E-state index in [0.717, 1.165) is 4.90 Å². The van der Waals surface area contributed by atoms with E-state index < -0.39 is 9.84 Å². The highest BCUT2D eigenvalue weighted by Gasteiger charge is 2.32. The zero-order valence-corrected chi connectivity index (χ0v) is 16.3. The van der Waals surface area contributed by atoms with Gasteiger partial charge in [0.2, 0.25) is 0 Å². The number of fused-ring (bicyclic) bond motifs is 1. The fourth-order valence-electron chi connectivity index (χ4n) is 2.87. The standard InChI is InChI=1S/C19H25NO5S/c1-13(2)26(24,25)10-6-4-5-7-15(21)11-14-8-9-16-17(12-14)19(23)20(3)18(16)22/h8-9,12-13H,4-7,10-11H2,1-3H3. The Hall–Kier alpha value is -2.02. The second kappa shape index (κ2) is 8.12. The van der Waals surface area contributed by atoms with Gasteiger partial charge in [-0.2, -0.15) is 0 Å². The van der Waals surface area contributed by atoms with E-state index in [1.807, 2.05) is 0 Å². The van der Waals surface area contributed by atoms with Gasteiger partial charge < -0.3 is 0 Å². The summed E-state index contributed by atoms with van der Waals surface area (Å²) in [6, 6.07) is 4.92. The molecule has 6 nitrogen and oxygen atoms in total. The highest BCUT2D eigenvalue weighted by Crippen LogP contribution is 2.23. The molecular formula is C19H25NO5S. The number of ketones is 1. The van der Waals surface area contributed by atoms with Crippen LogP contribution in [-0.4, -0.2) is 49.0 Å². The highest BCUT2D eigenvalue weighted by atomic mass is 32.2. The molecule has 0 aliphatic carbocycles. The lowest BCUT2D eigenvalue weighted by atomic mass is 10.00. The van der Waals surface area contributed by atoms with E-state index in [-0.39, 0.29) is 35.0 Å². The van der Waals surface area contributed by atoms with Crippen molar-refractivity contribution in [1.29, 1.82) is 0 Å². The zero-order chi connectivity index (χ0) is 19.5. The maximum Gasteiger partial charge on any atom is 0.261 e. The largest absolute Gasteiger partial charge is 0.299 e. The second-order valence-electron chi connectivity index (χ2n) is 6.99. The van der Waals surface area contributed by atoms with Crippen LogP contribution in [0, 0.1) is 0 Å². The summed E-state index contributed by atoms with van der Waals surface area (Å²) in [5, 5.41) is -0.363. The van der Waals surface area contributed by atoms with Crippen LogP contribution in [0.25, 0.3) is 0 Å². The fraction of sp³-hybridized carbons (Fsp3) is 0.526. The van der Waals surface area contributed by atoms with Crippen molar-refractivity contribution >= 4 is 27.4 Å². The highest BCUT2D eigenvalue weighted by molar-refractivity contribution is 7.91. The normalized spacial score (nSPS) is 14.2. The molecule has 7 heteroatoms. The third kappa shape index (κ3) is 4.58. The lowest BCUT2D eigenvalue weighted by Crippen LogP contribution is -2.24. The molecule has 26 heavy (non-hydrogen) atoms. The van der Waals surface area contributed by atoms with Crippen molar-refractivity contribution in [3.8, 4) is 0 Å². The van der Waals surface area contributed by atoms with Gasteiger partial charge in [0, 0.05) is 19.9 Å². The molecule has 0 atom stereocenters. The molecule has 0 fully saturated rings. The number of benzene rings is 1. The molecule has 0 unspecified atom stereocenters. The van der Waals surface area contributed by atoms with E-state index in [9.17, 15) is 22.8 Å². The number of amides is 2. The maximum absolute atomic E-state index is 12.1. The van der Waals surface area contributed by atoms with Gasteiger partial charge in [-0.15, -0.1) is 0 Å². The molecule has 1 heterocycles. The molecule has 0 spiro atoms. The van der Waals surface area contributed by atoms with Gasteiger partial charge in [-0.3, -0.25) is 19.3 Å². The summed E-state index contributed by atoms with van der Waals surface area (Å²) in [5.41, 5.74) is 1.44. The Morgan fingerprint density at radius 3 is 2.35 bits per heavy atom. The smallest absolute Gasteiger partial charge is 0.261 e. The second-order valence-corrected chi connectivity index (χ2v) is 9.67. The van der Waals surface area contributed by atoms with E-state index >= 15 is 0 Å². The van der Waals surface area contributed by atoms with Crippen molar-refractivity contribution in [2.75, 3.05) is 12.8 Å². The predicted molar refractivity (Wildman–Crippen MR) is 99.0 cm³/mol. The number of imide groups is 1. The van der Waals surface area contributed by atoms with Crippen LogP contribution in [0.2, 0.25) is 0 Å². The molecule has 1 aliphatic heterocycles. The van der Waals surface area contributed by atoms with Crippen molar-refractivity contribution < 1.29 is 22.8 Å². The number of sulfone groups is 1. The summed E-state index contributed by atoms with van der Waals surface area (Å²) in [6.07, 6.45) is 2.50. The number of hydrogen-bond acceptors (Lipinski definition) is 5. The fourth-order valence-corrected chi connectivity index (χ4v) is 3.95. The Morgan fingerprint density at radius 1 is 1.04 bits per heavy atom. The molecular weight excluding hydrogens is 354 g/mol. The van der Waals surface area contributed by atoms with Crippen molar-refractivity contribution in [3.05, 3.63) is 34.9 Å². The Kier molecular flexibility index (Phi) is 6.34. The minimum atomic E-state index is -3.02. The SMILES string of the molecule is CC(C)S(=O)(=O)CCCCCC(=O)Cc1ccc2c(c1)C(=O)N(C)C2=O. The Morgan fingerprint density at radius 2 is 1.69 bits per heavy atom. The average Bonchev–Trinajstić information content (AvgIpc) is 2.78. The number of nitrogens with zero attached hydrogens (tertiary/aromatic N) is 1. The Balaban J connectivity index is 1.81. The van der Waals surface area contributed by atoms with E-state index in [1.165, 1.54) is 7.05 Å². The van der Waals surface area contributed by atoms with Gasteiger partial charge in [0.25, 0.3) is 11.8 Å². The number of carbonyl (C=O) groups is 3. The van der Waals surface area contributed by atoms with Gasteiger partial charge in [-0.1, -0.05) is 12.5 Å². The van der Waals surface area contributed by atoms with E-state index in [2.05, 4.69) is 0 Å². The van der Waals surface area contributed by atoms with E-state index in [4.69, 9.17) is 0 Å². The molecule has 0 radical (unpaired) electrons. The number of Topliss-reactive ketones (excluding diaryl/α,β-unsaturated/α-hetero) is 1. The van der Waals surface area contributed by atoms with Crippen LogP contribution in [0.15, 0.2) is 18.2 Å². The van der Waals surface area contributed by atoms with Crippen LogP contribution >= 0.6 is 0 Å². The van der Waals surface area contributed by atoms with Crippen molar-refractivity contribution in [2.45, 2.75) is 51.2 Å². The maximum atomic E-state index is 12.1. The predicted octanol–water partition coefficient (Wildman–Crippen LogP) is 2.41. The molecule has 1 aromatic rings. The van der Waals surface area contributed by atoms with E-state index in [0.29, 0.717) is 42.4 Å². The van der Waals surface area contributed by atoms with Crippen LogP contribution < -0.4 is 0 Å². The summed E-state index contributed by atoms with van der Waals surface area (Å²) in [6.45, 7) is 3.34. The molecule has 2 amide bonds. The lowest BCUT2D eigenvalue weighted by molar-refractivity contribution is -0.118. The third-order valence-electron chi connectivity index (χ3n) is 4.66. The van der Waals surface area contributed by atoms with Crippen molar-refractivity contribution in [3.63, 3.8) is 0 Å². The van der Waals surface area contributed by atoms with Gasteiger partial charge in [-0.05, 0) is 44.4 Å². The Labute approximate surface area is 154 Å². The minimum Gasteiger partial charge on any atom is -0.299 e. The van der Waals surface area contributed by atoms with Crippen LogP contribution in [0.4, 0.5) is 0 Å². The first-order valence-corrected chi connectivity index (χ1v) is 10.5.